The zero-order valence-corrected chi connectivity index (χ0v) is 8.34. The maximum absolute atomic E-state index is 8.18. The summed E-state index contributed by atoms with van der Waals surface area (Å²) in [6, 6.07) is 0. The number of allylic oxidation sites excluding steroid dienone is 1. The van der Waals surface area contributed by atoms with Crippen LogP contribution in [0.15, 0.2) is 24.5 Å². The summed E-state index contributed by atoms with van der Waals surface area (Å²) >= 11 is 0. The van der Waals surface area contributed by atoms with Crippen LogP contribution in [-0.2, 0) is 0 Å². The van der Waals surface area contributed by atoms with Gasteiger partial charge in [0.05, 0.1) is 12.9 Å². The van der Waals surface area contributed by atoms with Crippen molar-refractivity contribution >= 4 is 0 Å². The van der Waals surface area contributed by atoms with Crippen molar-refractivity contribution in [2.45, 2.75) is 19.3 Å². The average molecular weight is 204 g/mol. The summed E-state index contributed by atoms with van der Waals surface area (Å²) in [5.74, 6) is 0. The molecule has 0 rings (SSSR count). The molecule has 4 heteroatoms. The van der Waals surface area contributed by atoms with E-state index in [1.807, 2.05) is 0 Å². The molecule has 0 spiro atoms. The third-order valence-corrected chi connectivity index (χ3v) is 1.20. The summed E-state index contributed by atoms with van der Waals surface area (Å²) in [6.07, 6.45) is 8.08. The minimum Gasteiger partial charge on any atom is -0.516 e. The average Bonchev–Trinajstić information content (AvgIpc) is 2.21. The predicted molar refractivity (Wildman–Crippen MR) is 56.0 cm³/mol. The lowest BCUT2D eigenvalue weighted by molar-refractivity contribution is 0.289. The van der Waals surface area contributed by atoms with Crippen LogP contribution in [0.2, 0.25) is 0 Å². The zero-order valence-electron chi connectivity index (χ0n) is 8.34. The van der Waals surface area contributed by atoms with Crippen LogP contribution in [0.25, 0.3) is 0 Å². The molecule has 0 atom stereocenters. The summed E-state index contributed by atoms with van der Waals surface area (Å²) < 4.78 is 0. The quantitative estimate of drug-likeness (QED) is 0.292. The Morgan fingerprint density at radius 3 is 1.93 bits per heavy atom. The van der Waals surface area contributed by atoms with Crippen molar-refractivity contribution in [3.05, 3.63) is 24.5 Å². The van der Waals surface area contributed by atoms with Gasteiger partial charge in [0, 0.05) is 13.2 Å². The zero-order chi connectivity index (χ0) is 11.1. The van der Waals surface area contributed by atoms with E-state index in [0.717, 1.165) is 19.1 Å². The molecule has 0 aliphatic heterocycles. The van der Waals surface area contributed by atoms with Gasteiger partial charge in [-0.3, -0.25) is 0 Å². The third kappa shape index (κ3) is 22.5. The lowest BCUT2D eigenvalue weighted by Crippen LogP contribution is -1.77. The molecular weight excluding hydrogens is 184 g/mol. The van der Waals surface area contributed by atoms with Gasteiger partial charge in [-0.05, 0) is 19.3 Å². The largest absolute Gasteiger partial charge is 0.516 e. The van der Waals surface area contributed by atoms with Crippen molar-refractivity contribution in [2.24, 2.45) is 0 Å². The molecule has 0 saturated heterocycles. The minimum atomic E-state index is 0.0694. The Balaban J connectivity index is 0. The lowest BCUT2D eigenvalue weighted by Gasteiger charge is -1.83. The van der Waals surface area contributed by atoms with Crippen LogP contribution >= 0.6 is 0 Å². The summed E-state index contributed by atoms with van der Waals surface area (Å²) in [5.41, 5.74) is 0. The van der Waals surface area contributed by atoms with Gasteiger partial charge in [0.25, 0.3) is 0 Å². The lowest BCUT2D eigenvalue weighted by atomic mass is 10.3. The van der Waals surface area contributed by atoms with E-state index in [4.69, 9.17) is 20.4 Å². The molecule has 4 nitrogen and oxygen atoms in total. The topological polar surface area (TPSA) is 80.9 Å². The van der Waals surface area contributed by atoms with E-state index in [9.17, 15) is 0 Å². The smallest absolute Gasteiger partial charge is 0.0751 e. The number of hydrogen-bond donors (Lipinski definition) is 4. The van der Waals surface area contributed by atoms with E-state index < -0.39 is 0 Å². The fraction of sp³-hybridized carbons (Fsp3) is 0.600. The fourth-order valence-corrected chi connectivity index (χ4v) is 0.551. The highest BCUT2D eigenvalue weighted by Gasteiger charge is 1.74. The molecule has 4 N–H and O–H groups in total. The van der Waals surface area contributed by atoms with E-state index >= 15 is 0 Å². The molecule has 0 aromatic heterocycles. The monoisotopic (exact) mass is 204 g/mol. The van der Waals surface area contributed by atoms with Gasteiger partial charge in [0.1, 0.15) is 0 Å². The first kappa shape index (κ1) is 15.6. The molecule has 0 saturated carbocycles. The first-order valence-corrected chi connectivity index (χ1v) is 4.60. The predicted octanol–water partition coefficient (Wildman–Crippen LogP) is 0.748. The minimum absolute atomic E-state index is 0.0694. The van der Waals surface area contributed by atoms with E-state index in [1.165, 1.54) is 0 Å². The Morgan fingerprint density at radius 2 is 1.50 bits per heavy atom. The molecule has 0 aliphatic rings. The number of aliphatic hydroxyl groups excluding tert-OH is 4. The first-order chi connectivity index (χ1) is 6.83. The molecule has 84 valence electrons. The van der Waals surface area contributed by atoms with Crippen LogP contribution in [0.1, 0.15) is 19.3 Å². The standard InChI is InChI=1S/2C5H10O2/c2*6-4-2-1-3-5-7/h2,4,6-7H,1,3,5H2;1-2,6-7H,3-5H2/b4-2+;2-1+. The summed E-state index contributed by atoms with van der Waals surface area (Å²) in [6.45, 7) is 0.431. The van der Waals surface area contributed by atoms with Crippen molar-refractivity contribution in [2.75, 3.05) is 19.8 Å². The maximum Gasteiger partial charge on any atom is 0.0751 e. The summed E-state index contributed by atoms with van der Waals surface area (Å²) in [4.78, 5) is 0. The van der Waals surface area contributed by atoms with Crippen molar-refractivity contribution < 1.29 is 20.4 Å². The van der Waals surface area contributed by atoms with E-state index in [-0.39, 0.29) is 19.8 Å². The number of unbranched alkanes of at least 4 members (excludes halogenated alkanes) is 1. The SMILES string of the molecule is O/C=C/CCCO.OC/C=C/CCO. The molecule has 0 aliphatic carbocycles. The third-order valence-electron chi connectivity index (χ3n) is 1.20. The van der Waals surface area contributed by atoms with Gasteiger partial charge in [0.2, 0.25) is 0 Å². The Bertz CT molecular complexity index is 132. The van der Waals surface area contributed by atoms with E-state index in [0.29, 0.717) is 6.42 Å². The molecular formula is C10H20O4. The summed E-state index contributed by atoms with van der Waals surface area (Å²) in [5, 5.41) is 32.5. The van der Waals surface area contributed by atoms with E-state index in [2.05, 4.69) is 0 Å². The van der Waals surface area contributed by atoms with Gasteiger partial charge >= 0.3 is 0 Å². The highest BCUT2D eigenvalue weighted by Crippen LogP contribution is 1.85. The molecule has 0 aromatic rings. The highest BCUT2D eigenvalue weighted by molar-refractivity contribution is 4.79. The summed E-state index contributed by atoms with van der Waals surface area (Å²) in [7, 11) is 0. The van der Waals surface area contributed by atoms with Crippen molar-refractivity contribution in [3.63, 3.8) is 0 Å². The van der Waals surface area contributed by atoms with E-state index in [1.54, 1.807) is 18.2 Å². The van der Waals surface area contributed by atoms with Gasteiger partial charge in [-0.15, -0.1) is 0 Å². The second kappa shape index (κ2) is 18.0. The number of rotatable bonds is 6. The van der Waals surface area contributed by atoms with Crippen LogP contribution in [-0.4, -0.2) is 40.2 Å². The normalized spacial score (nSPS) is 10.5. The Morgan fingerprint density at radius 1 is 0.786 bits per heavy atom. The molecule has 0 aromatic carbocycles. The number of aliphatic hydroxyl groups is 4. The highest BCUT2D eigenvalue weighted by atomic mass is 16.3. The van der Waals surface area contributed by atoms with Gasteiger partial charge in [-0.25, -0.2) is 0 Å². The molecule has 0 heterocycles. The van der Waals surface area contributed by atoms with Gasteiger partial charge in [-0.1, -0.05) is 18.2 Å². The Kier molecular flexibility index (Phi) is 20.1. The van der Waals surface area contributed by atoms with Gasteiger partial charge < -0.3 is 20.4 Å². The van der Waals surface area contributed by atoms with Crippen LogP contribution < -0.4 is 0 Å². The molecule has 0 radical (unpaired) electrons. The van der Waals surface area contributed by atoms with Crippen LogP contribution in [0, 0.1) is 0 Å². The van der Waals surface area contributed by atoms with Crippen molar-refractivity contribution in [1.29, 1.82) is 0 Å². The maximum atomic E-state index is 8.18. The molecule has 14 heavy (non-hydrogen) atoms. The fourth-order valence-electron chi connectivity index (χ4n) is 0.551. The Labute approximate surface area is 84.8 Å². The second-order valence-corrected chi connectivity index (χ2v) is 2.42. The van der Waals surface area contributed by atoms with Crippen LogP contribution in [0.5, 0.6) is 0 Å². The first-order valence-electron chi connectivity index (χ1n) is 4.60. The van der Waals surface area contributed by atoms with Gasteiger partial charge in [-0.2, -0.15) is 0 Å². The van der Waals surface area contributed by atoms with Crippen molar-refractivity contribution in [3.8, 4) is 0 Å². The van der Waals surface area contributed by atoms with Crippen molar-refractivity contribution in [1.82, 2.24) is 0 Å². The molecule has 0 amide bonds. The Hall–Kier alpha value is -0.840. The molecule has 0 unspecified atom stereocenters. The van der Waals surface area contributed by atoms with Crippen LogP contribution in [0.3, 0.4) is 0 Å². The molecule has 0 bridgehead atoms. The van der Waals surface area contributed by atoms with Crippen LogP contribution in [0.4, 0.5) is 0 Å². The number of hydrogen-bond acceptors (Lipinski definition) is 4. The molecule has 0 fully saturated rings. The van der Waals surface area contributed by atoms with Gasteiger partial charge in [0.15, 0.2) is 0 Å². The second-order valence-electron chi connectivity index (χ2n) is 2.42.